The van der Waals surface area contributed by atoms with Crippen molar-refractivity contribution in [3.8, 4) is 22.9 Å². The molecule has 2 aromatic heterocycles. The van der Waals surface area contributed by atoms with E-state index in [2.05, 4.69) is 30.3 Å². The Kier molecular flexibility index (Phi) is 7.37. The first-order valence-corrected chi connectivity index (χ1v) is 14.9. The van der Waals surface area contributed by atoms with Crippen LogP contribution >= 0.6 is 0 Å². The van der Waals surface area contributed by atoms with Gasteiger partial charge in [-0.15, -0.1) is 0 Å². The second kappa shape index (κ2) is 11.1. The Balaban J connectivity index is 1.35. The van der Waals surface area contributed by atoms with Crippen LogP contribution in [0.5, 0.6) is 11.6 Å². The lowest BCUT2D eigenvalue weighted by atomic mass is 9.86. The molecule has 1 saturated carbocycles. The Labute approximate surface area is 235 Å². The molecule has 3 heterocycles. The highest BCUT2D eigenvalue weighted by atomic mass is 32.2. The maximum atomic E-state index is 15.9. The summed E-state index contributed by atoms with van der Waals surface area (Å²) in [7, 11) is -1.42. The van der Waals surface area contributed by atoms with Crippen molar-refractivity contribution in [1.29, 1.82) is 0 Å². The van der Waals surface area contributed by atoms with Crippen LogP contribution in [0.1, 0.15) is 44.6 Å². The van der Waals surface area contributed by atoms with E-state index < -0.39 is 16.8 Å². The molecule has 40 heavy (non-hydrogen) atoms. The van der Waals surface area contributed by atoms with E-state index in [1.165, 1.54) is 0 Å². The molecule has 1 saturated heterocycles. The highest BCUT2D eigenvalue weighted by molar-refractivity contribution is 7.87. The molecule has 3 N–H and O–H groups in total. The smallest absolute Gasteiger partial charge is 0.246 e. The fourth-order valence-corrected chi connectivity index (χ4v) is 6.64. The van der Waals surface area contributed by atoms with Crippen molar-refractivity contribution in [2.75, 3.05) is 23.1 Å². The third kappa shape index (κ3) is 5.13. The van der Waals surface area contributed by atoms with Crippen molar-refractivity contribution in [3.63, 3.8) is 0 Å². The SMILES string of the molecule is Cc1c(F)c(NS(=O)C2(C)CCC2)c2ccccc2c1Oc1nccnc1-c1ccnc(NC2CCCNC2)c1. The predicted molar refractivity (Wildman–Crippen MR) is 158 cm³/mol. The standard InChI is InChI=1S/C30H33FN6O2S/c1-19-25(31)27(37-40(38)30(2)11-6-12-30)22-8-3-4-9-23(22)28(19)39-29-26(34-15-16-35-29)20-10-14-33-24(17-20)36-21-7-5-13-32-18-21/h3-4,8-10,14-17,21,32,37H,5-7,11-13,18H2,1-2H3,(H,33,36). The molecule has 0 bridgehead atoms. The number of hydrogen-bond donors (Lipinski definition) is 3. The van der Waals surface area contributed by atoms with Gasteiger partial charge in [-0.1, -0.05) is 30.7 Å². The maximum absolute atomic E-state index is 15.9. The van der Waals surface area contributed by atoms with Crippen LogP contribution in [0.3, 0.4) is 0 Å². The molecule has 2 fully saturated rings. The van der Waals surface area contributed by atoms with Gasteiger partial charge >= 0.3 is 0 Å². The minimum atomic E-state index is -1.42. The van der Waals surface area contributed by atoms with Crippen molar-refractivity contribution in [1.82, 2.24) is 20.3 Å². The quantitative estimate of drug-likeness (QED) is 0.239. The number of piperidine rings is 1. The summed E-state index contributed by atoms with van der Waals surface area (Å²) in [4.78, 5) is 13.5. The van der Waals surface area contributed by atoms with Gasteiger partial charge in [-0.3, -0.25) is 0 Å². The van der Waals surface area contributed by atoms with Crippen molar-refractivity contribution in [3.05, 3.63) is 66.4 Å². The zero-order valence-corrected chi connectivity index (χ0v) is 23.5. The monoisotopic (exact) mass is 560 g/mol. The minimum Gasteiger partial charge on any atom is -0.436 e. The van der Waals surface area contributed by atoms with E-state index in [-0.39, 0.29) is 16.3 Å². The molecule has 10 heteroatoms. The van der Waals surface area contributed by atoms with Crippen molar-refractivity contribution < 1.29 is 13.3 Å². The first-order valence-electron chi connectivity index (χ1n) is 13.7. The van der Waals surface area contributed by atoms with E-state index >= 15 is 4.39 Å². The first-order chi connectivity index (χ1) is 19.4. The molecule has 0 amide bonds. The summed E-state index contributed by atoms with van der Waals surface area (Å²) in [5.41, 5.74) is 1.85. The number of anilines is 2. The fraction of sp³-hybridized carbons (Fsp3) is 0.367. The summed E-state index contributed by atoms with van der Waals surface area (Å²) in [6.45, 7) is 5.57. The second-order valence-electron chi connectivity index (χ2n) is 10.8. The van der Waals surface area contributed by atoms with Gasteiger partial charge in [0.2, 0.25) is 5.88 Å². The fourth-order valence-electron chi connectivity index (χ4n) is 5.35. The molecular weight excluding hydrogens is 527 g/mol. The number of benzene rings is 2. The van der Waals surface area contributed by atoms with E-state index in [1.54, 1.807) is 25.5 Å². The average Bonchev–Trinajstić information content (AvgIpc) is 2.97. The normalized spacial score (nSPS) is 19.0. The number of nitrogens with one attached hydrogen (secondary N) is 3. The molecule has 208 valence electrons. The Morgan fingerprint density at radius 3 is 2.62 bits per heavy atom. The lowest BCUT2D eigenvalue weighted by molar-refractivity contribution is 0.380. The molecule has 0 spiro atoms. The first kappa shape index (κ1) is 26.6. The van der Waals surface area contributed by atoms with Gasteiger partial charge < -0.3 is 20.1 Å². The summed E-state index contributed by atoms with van der Waals surface area (Å²) in [6.07, 6.45) is 9.83. The van der Waals surface area contributed by atoms with E-state index in [0.717, 1.165) is 56.6 Å². The highest BCUT2D eigenvalue weighted by Crippen LogP contribution is 2.43. The van der Waals surface area contributed by atoms with E-state index in [1.807, 2.05) is 43.3 Å². The van der Waals surface area contributed by atoms with E-state index in [0.29, 0.717) is 33.8 Å². The Bertz CT molecular complexity index is 1570. The largest absolute Gasteiger partial charge is 0.436 e. The number of nitrogens with zero attached hydrogens (tertiary/aromatic N) is 3. The number of fused-ring (bicyclic) bond motifs is 1. The molecule has 6 rings (SSSR count). The molecule has 4 aromatic rings. The average molecular weight is 561 g/mol. The van der Waals surface area contributed by atoms with Crippen molar-refractivity contribution in [2.24, 2.45) is 0 Å². The van der Waals surface area contributed by atoms with Crippen LogP contribution in [0, 0.1) is 12.7 Å². The van der Waals surface area contributed by atoms with Gasteiger partial charge in [0.05, 0.1) is 10.4 Å². The third-order valence-electron chi connectivity index (χ3n) is 7.93. The number of rotatable bonds is 8. The van der Waals surface area contributed by atoms with Gasteiger partial charge in [0.25, 0.3) is 0 Å². The maximum Gasteiger partial charge on any atom is 0.246 e. The molecular formula is C30H33FN6O2S. The number of hydrogen-bond acceptors (Lipinski definition) is 7. The zero-order chi connectivity index (χ0) is 27.7. The Hall–Kier alpha value is -3.63. The summed E-state index contributed by atoms with van der Waals surface area (Å²) in [5, 5.41) is 8.19. The van der Waals surface area contributed by atoms with Gasteiger partial charge in [-0.25, -0.2) is 23.6 Å². The van der Waals surface area contributed by atoms with Crippen LogP contribution in [-0.4, -0.2) is 43.0 Å². The molecule has 2 unspecified atom stereocenters. The number of ether oxygens (including phenoxy) is 1. The number of aromatic nitrogens is 3. The lowest BCUT2D eigenvalue weighted by Crippen LogP contribution is -2.41. The van der Waals surface area contributed by atoms with Crippen LogP contribution in [0.15, 0.2) is 55.0 Å². The summed E-state index contributed by atoms with van der Waals surface area (Å²) >= 11 is 0. The van der Waals surface area contributed by atoms with Gasteiger partial charge in [0.15, 0.2) is 5.82 Å². The van der Waals surface area contributed by atoms with Crippen LogP contribution in [0.25, 0.3) is 22.0 Å². The van der Waals surface area contributed by atoms with Gasteiger partial charge in [-0.05, 0) is 58.2 Å². The topological polar surface area (TPSA) is 101 Å². The third-order valence-corrected chi connectivity index (χ3v) is 9.62. The van der Waals surface area contributed by atoms with Gasteiger partial charge in [0.1, 0.15) is 28.2 Å². The van der Waals surface area contributed by atoms with E-state index in [4.69, 9.17) is 4.74 Å². The lowest BCUT2D eigenvalue weighted by Gasteiger charge is -2.37. The Morgan fingerprint density at radius 2 is 1.88 bits per heavy atom. The number of pyridine rings is 1. The van der Waals surface area contributed by atoms with Crippen LogP contribution in [-0.2, 0) is 11.0 Å². The molecule has 1 aliphatic heterocycles. The van der Waals surface area contributed by atoms with Crippen molar-refractivity contribution in [2.45, 2.75) is 56.7 Å². The summed E-state index contributed by atoms with van der Waals surface area (Å²) in [5.74, 6) is 0.866. The molecule has 2 aromatic carbocycles. The highest BCUT2D eigenvalue weighted by Gasteiger charge is 2.39. The summed E-state index contributed by atoms with van der Waals surface area (Å²) < 4.78 is 38.1. The van der Waals surface area contributed by atoms with Crippen LogP contribution < -0.4 is 20.1 Å². The molecule has 2 atom stereocenters. The molecule has 8 nitrogen and oxygen atoms in total. The van der Waals surface area contributed by atoms with Crippen LogP contribution in [0.4, 0.5) is 15.9 Å². The van der Waals surface area contributed by atoms with Crippen LogP contribution in [0.2, 0.25) is 0 Å². The van der Waals surface area contributed by atoms with E-state index in [9.17, 15) is 4.21 Å². The Morgan fingerprint density at radius 1 is 1.07 bits per heavy atom. The summed E-state index contributed by atoms with van der Waals surface area (Å²) in [6, 6.07) is 11.5. The van der Waals surface area contributed by atoms with Gasteiger partial charge in [-0.2, -0.15) is 0 Å². The van der Waals surface area contributed by atoms with Crippen molar-refractivity contribution >= 4 is 33.3 Å². The number of halogens is 1. The molecule has 0 radical (unpaired) electrons. The van der Waals surface area contributed by atoms with Gasteiger partial charge in [0, 0.05) is 53.1 Å². The second-order valence-corrected chi connectivity index (χ2v) is 12.5. The molecule has 1 aliphatic carbocycles. The predicted octanol–water partition coefficient (Wildman–Crippen LogP) is 6.11. The zero-order valence-electron chi connectivity index (χ0n) is 22.7. The minimum absolute atomic E-state index is 0.230. The molecule has 2 aliphatic rings.